The highest BCUT2D eigenvalue weighted by molar-refractivity contribution is 6.35. The molecule has 2 rings (SSSR count). The van der Waals surface area contributed by atoms with Crippen molar-refractivity contribution in [1.29, 1.82) is 0 Å². The van der Waals surface area contributed by atoms with Crippen molar-refractivity contribution in [2.45, 2.75) is 19.3 Å². The first kappa shape index (κ1) is 11.2. The van der Waals surface area contributed by atoms with E-state index in [2.05, 4.69) is 0 Å². The minimum absolute atomic E-state index is 0.509. The average molecular weight is 233 g/mol. The summed E-state index contributed by atoms with van der Waals surface area (Å²) in [6.07, 6.45) is 0.963. The van der Waals surface area contributed by atoms with Crippen molar-refractivity contribution in [1.82, 2.24) is 0 Å². The monoisotopic (exact) mass is 232 g/mol. The van der Waals surface area contributed by atoms with Gasteiger partial charge in [-0.1, -0.05) is 41.9 Å². The molecule has 0 heterocycles. The molecule has 0 saturated carbocycles. The second-order valence-corrected chi connectivity index (χ2v) is 4.89. The highest BCUT2D eigenvalue weighted by Crippen LogP contribution is 2.33. The Hall–Kier alpha value is -1.34. The Balaban J connectivity index is 2.85. The molecule has 0 spiro atoms. The molecule has 0 N–H and O–H groups in total. The lowest BCUT2D eigenvalue weighted by Gasteiger charge is -2.20. The van der Waals surface area contributed by atoms with Crippen LogP contribution in [-0.4, -0.2) is 6.29 Å². The molecule has 2 aromatic carbocycles. The van der Waals surface area contributed by atoms with Crippen LogP contribution in [0.4, 0.5) is 0 Å². The van der Waals surface area contributed by atoms with Crippen molar-refractivity contribution < 1.29 is 4.79 Å². The summed E-state index contributed by atoms with van der Waals surface area (Å²) in [6.45, 7) is 3.80. The van der Waals surface area contributed by atoms with E-state index in [0.717, 1.165) is 22.6 Å². The van der Waals surface area contributed by atoms with E-state index in [0.29, 0.717) is 5.02 Å². The molecule has 0 aliphatic rings. The minimum Gasteiger partial charge on any atom is -0.302 e. The summed E-state index contributed by atoms with van der Waals surface area (Å²) in [5, 5.41) is 2.74. The number of aldehydes is 1. The van der Waals surface area contributed by atoms with Gasteiger partial charge < -0.3 is 4.79 Å². The molecule has 0 bridgehead atoms. The number of fused-ring (bicyclic) bond motifs is 1. The van der Waals surface area contributed by atoms with E-state index in [-0.39, 0.29) is 0 Å². The number of carbonyl (C=O) groups excluding carboxylic acids is 1. The summed E-state index contributed by atoms with van der Waals surface area (Å²) in [7, 11) is 0. The quantitative estimate of drug-likeness (QED) is 0.716. The SMILES string of the molecule is CC(C)(C=O)c1cccc2cccc(Cl)c12. The number of benzene rings is 2. The summed E-state index contributed by atoms with van der Waals surface area (Å²) in [4.78, 5) is 11.1. The van der Waals surface area contributed by atoms with E-state index < -0.39 is 5.41 Å². The normalized spacial score (nSPS) is 11.7. The fourth-order valence-electron chi connectivity index (χ4n) is 1.90. The predicted octanol–water partition coefficient (Wildman–Crippen LogP) is 3.97. The van der Waals surface area contributed by atoms with Crippen LogP contribution in [0.3, 0.4) is 0 Å². The van der Waals surface area contributed by atoms with Crippen LogP contribution in [0.25, 0.3) is 10.8 Å². The second kappa shape index (κ2) is 3.91. The number of carbonyl (C=O) groups is 1. The molecular formula is C14H13ClO. The zero-order valence-corrected chi connectivity index (χ0v) is 10.1. The molecule has 0 aromatic heterocycles. The molecule has 0 aliphatic carbocycles. The van der Waals surface area contributed by atoms with Gasteiger partial charge in [0.1, 0.15) is 6.29 Å². The van der Waals surface area contributed by atoms with Crippen molar-refractivity contribution in [3.8, 4) is 0 Å². The molecule has 0 atom stereocenters. The van der Waals surface area contributed by atoms with Gasteiger partial charge in [-0.3, -0.25) is 0 Å². The maximum atomic E-state index is 11.1. The van der Waals surface area contributed by atoms with Crippen LogP contribution in [-0.2, 0) is 10.2 Å². The first-order valence-corrected chi connectivity index (χ1v) is 5.58. The van der Waals surface area contributed by atoms with Gasteiger partial charge in [0.2, 0.25) is 0 Å². The molecular weight excluding hydrogens is 220 g/mol. The van der Waals surface area contributed by atoms with E-state index in [1.807, 2.05) is 50.2 Å². The Labute approximate surface area is 100 Å². The maximum absolute atomic E-state index is 11.1. The lowest BCUT2D eigenvalue weighted by Crippen LogP contribution is -2.19. The van der Waals surface area contributed by atoms with E-state index in [1.54, 1.807) is 0 Å². The summed E-state index contributed by atoms with van der Waals surface area (Å²) < 4.78 is 0. The van der Waals surface area contributed by atoms with Gasteiger partial charge in [-0.15, -0.1) is 0 Å². The van der Waals surface area contributed by atoms with E-state index in [4.69, 9.17) is 11.6 Å². The van der Waals surface area contributed by atoms with E-state index >= 15 is 0 Å². The number of rotatable bonds is 2. The van der Waals surface area contributed by atoms with Crippen molar-refractivity contribution in [2.75, 3.05) is 0 Å². The molecule has 82 valence electrons. The molecule has 16 heavy (non-hydrogen) atoms. The van der Waals surface area contributed by atoms with E-state index in [9.17, 15) is 4.79 Å². The fourth-order valence-corrected chi connectivity index (χ4v) is 2.18. The minimum atomic E-state index is -0.509. The van der Waals surface area contributed by atoms with Crippen molar-refractivity contribution in [3.63, 3.8) is 0 Å². The third-order valence-electron chi connectivity index (χ3n) is 2.84. The molecule has 2 aromatic rings. The average Bonchev–Trinajstić information content (AvgIpc) is 2.29. The first-order valence-electron chi connectivity index (χ1n) is 5.20. The Morgan fingerprint density at radius 1 is 1.12 bits per heavy atom. The third-order valence-corrected chi connectivity index (χ3v) is 3.16. The lowest BCUT2D eigenvalue weighted by atomic mass is 9.83. The fraction of sp³-hybridized carbons (Fsp3) is 0.214. The highest BCUT2D eigenvalue weighted by atomic mass is 35.5. The Morgan fingerprint density at radius 3 is 2.38 bits per heavy atom. The Bertz CT molecular complexity index is 538. The third kappa shape index (κ3) is 1.72. The standard InChI is InChI=1S/C14H13ClO/c1-14(2,9-16)11-7-3-5-10-6-4-8-12(15)13(10)11/h3-9H,1-2H3. The molecule has 0 saturated heterocycles. The smallest absolute Gasteiger partial charge is 0.129 e. The van der Waals surface area contributed by atoms with Crippen LogP contribution in [0, 0.1) is 0 Å². The zero-order valence-electron chi connectivity index (χ0n) is 9.33. The van der Waals surface area contributed by atoms with Gasteiger partial charge in [-0.2, -0.15) is 0 Å². The van der Waals surface area contributed by atoms with Gasteiger partial charge in [0, 0.05) is 15.8 Å². The molecule has 1 nitrogen and oxygen atoms in total. The molecule has 0 radical (unpaired) electrons. The molecule has 0 amide bonds. The summed E-state index contributed by atoms with van der Waals surface area (Å²) in [5.41, 5.74) is 0.468. The van der Waals surface area contributed by atoms with Crippen LogP contribution in [0.5, 0.6) is 0 Å². The molecule has 0 aliphatic heterocycles. The van der Waals surface area contributed by atoms with Crippen LogP contribution in [0.2, 0.25) is 5.02 Å². The van der Waals surface area contributed by atoms with Crippen molar-refractivity contribution in [3.05, 3.63) is 47.0 Å². The second-order valence-electron chi connectivity index (χ2n) is 4.48. The van der Waals surface area contributed by atoms with Gasteiger partial charge in [0.15, 0.2) is 0 Å². The van der Waals surface area contributed by atoms with Crippen LogP contribution in [0.15, 0.2) is 36.4 Å². The van der Waals surface area contributed by atoms with Crippen LogP contribution < -0.4 is 0 Å². The van der Waals surface area contributed by atoms with Crippen LogP contribution in [0.1, 0.15) is 19.4 Å². The summed E-state index contributed by atoms with van der Waals surface area (Å²) >= 11 is 6.21. The van der Waals surface area contributed by atoms with Gasteiger partial charge in [-0.25, -0.2) is 0 Å². The highest BCUT2D eigenvalue weighted by Gasteiger charge is 2.22. The van der Waals surface area contributed by atoms with Gasteiger partial charge in [0.25, 0.3) is 0 Å². The number of hydrogen-bond acceptors (Lipinski definition) is 1. The van der Waals surface area contributed by atoms with Crippen molar-refractivity contribution in [2.24, 2.45) is 0 Å². The number of hydrogen-bond donors (Lipinski definition) is 0. The zero-order chi connectivity index (χ0) is 11.8. The number of halogens is 1. The lowest BCUT2D eigenvalue weighted by molar-refractivity contribution is -0.111. The van der Waals surface area contributed by atoms with Gasteiger partial charge in [-0.05, 0) is 30.9 Å². The van der Waals surface area contributed by atoms with E-state index in [1.165, 1.54) is 0 Å². The summed E-state index contributed by atoms with van der Waals surface area (Å²) in [5.74, 6) is 0. The largest absolute Gasteiger partial charge is 0.302 e. The maximum Gasteiger partial charge on any atom is 0.129 e. The van der Waals surface area contributed by atoms with Crippen molar-refractivity contribution >= 4 is 28.7 Å². The topological polar surface area (TPSA) is 17.1 Å². The first-order chi connectivity index (χ1) is 7.56. The molecule has 2 heteroatoms. The Kier molecular flexibility index (Phi) is 2.73. The Morgan fingerprint density at radius 2 is 1.75 bits per heavy atom. The van der Waals surface area contributed by atoms with Crippen LogP contribution >= 0.6 is 11.6 Å². The molecule has 0 fully saturated rings. The molecule has 0 unspecified atom stereocenters. The van der Waals surface area contributed by atoms with Gasteiger partial charge in [0.05, 0.1) is 0 Å². The predicted molar refractivity (Wildman–Crippen MR) is 68.0 cm³/mol. The summed E-state index contributed by atoms with van der Waals surface area (Å²) in [6, 6.07) is 11.7. The van der Waals surface area contributed by atoms with Gasteiger partial charge >= 0.3 is 0 Å².